The van der Waals surface area contributed by atoms with Gasteiger partial charge in [0.1, 0.15) is 0 Å². The Balaban J connectivity index is 1.53. The van der Waals surface area contributed by atoms with E-state index in [1.807, 2.05) is 0 Å². The molecule has 0 bridgehead atoms. The van der Waals surface area contributed by atoms with Crippen LogP contribution in [0.3, 0.4) is 0 Å². The van der Waals surface area contributed by atoms with Crippen LogP contribution in [-0.4, -0.2) is 0 Å². The molecular formula is C42H32. The third-order valence-electron chi connectivity index (χ3n) is 8.99. The van der Waals surface area contributed by atoms with E-state index in [-0.39, 0.29) is 5.41 Å². The summed E-state index contributed by atoms with van der Waals surface area (Å²) in [6, 6.07) is 51.8. The molecule has 0 heterocycles. The second kappa shape index (κ2) is 9.29. The fourth-order valence-electron chi connectivity index (χ4n) is 6.83. The van der Waals surface area contributed by atoms with Crippen LogP contribution in [0.25, 0.3) is 76.1 Å². The van der Waals surface area contributed by atoms with Crippen LogP contribution in [-0.2, 0) is 5.41 Å². The van der Waals surface area contributed by atoms with Crippen LogP contribution in [0.2, 0.25) is 0 Å². The Bertz CT molecular complexity index is 2300. The molecule has 8 aromatic rings. The monoisotopic (exact) mass is 536 g/mol. The van der Waals surface area contributed by atoms with Crippen molar-refractivity contribution in [2.45, 2.75) is 26.2 Å². The molecule has 0 amide bonds. The Morgan fingerprint density at radius 2 is 0.690 bits per heavy atom. The molecule has 0 spiro atoms. The third-order valence-corrected chi connectivity index (χ3v) is 8.99. The molecule has 200 valence electrons. The van der Waals surface area contributed by atoms with Crippen LogP contribution in [0.4, 0.5) is 0 Å². The minimum atomic E-state index is 0.135. The van der Waals surface area contributed by atoms with E-state index in [4.69, 9.17) is 0 Å². The van der Waals surface area contributed by atoms with Crippen LogP contribution in [0.15, 0.2) is 140 Å². The van der Waals surface area contributed by atoms with Gasteiger partial charge in [-0.3, -0.25) is 0 Å². The maximum absolute atomic E-state index is 2.43. The van der Waals surface area contributed by atoms with E-state index < -0.39 is 0 Å². The van der Waals surface area contributed by atoms with E-state index in [2.05, 4.69) is 160 Å². The van der Waals surface area contributed by atoms with Gasteiger partial charge in [-0.05, 0) is 99.2 Å². The number of hydrogen-bond acceptors (Lipinski definition) is 0. The largest absolute Gasteiger partial charge is 0.0622 e. The zero-order valence-corrected chi connectivity index (χ0v) is 24.3. The summed E-state index contributed by atoms with van der Waals surface area (Å²) < 4.78 is 0. The Morgan fingerprint density at radius 1 is 0.310 bits per heavy atom. The summed E-state index contributed by atoms with van der Waals surface area (Å²) in [6.45, 7) is 6.82. The number of rotatable bonds is 2. The summed E-state index contributed by atoms with van der Waals surface area (Å²) in [5.74, 6) is 0. The second-order valence-electron chi connectivity index (χ2n) is 12.6. The van der Waals surface area contributed by atoms with Gasteiger partial charge in [0.2, 0.25) is 0 Å². The average molecular weight is 537 g/mol. The summed E-state index contributed by atoms with van der Waals surface area (Å²) in [7, 11) is 0. The number of hydrogen-bond donors (Lipinski definition) is 0. The predicted octanol–water partition coefficient (Wildman–Crippen LogP) is 12.1. The van der Waals surface area contributed by atoms with E-state index in [1.54, 1.807) is 0 Å². The Kier molecular flexibility index (Phi) is 5.49. The van der Waals surface area contributed by atoms with E-state index in [0.29, 0.717) is 0 Å². The van der Waals surface area contributed by atoms with Crippen molar-refractivity contribution in [2.75, 3.05) is 0 Å². The molecule has 0 N–H and O–H groups in total. The zero-order chi connectivity index (χ0) is 28.4. The van der Waals surface area contributed by atoms with Crippen LogP contribution < -0.4 is 0 Å². The van der Waals surface area contributed by atoms with Gasteiger partial charge in [-0.15, -0.1) is 0 Å². The van der Waals surface area contributed by atoms with Crippen molar-refractivity contribution in [3.8, 4) is 22.3 Å². The average Bonchev–Trinajstić information content (AvgIpc) is 3.04. The fourth-order valence-corrected chi connectivity index (χ4v) is 6.83. The van der Waals surface area contributed by atoms with Gasteiger partial charge in [-0.2, -0.15) is 0 Å². The SMILES string of the molecule is CC(C)(C)c1ccc(-c2ccc3c4ccc(-c5ccccc5)cc4c4c5ccccc5c5ccccc5c4c3c2)cc1. The Hall–Kier alpha value is -4.94. The first-order valence-electron chi connectivity index (χ1n) is 14.9. The van der Waals surface area contributed by atoms with Gasteiger partial charge in [-0.1, -0.05) is 148 Å². The summed E-state index contributed by atoms with van der Waals surface area (Å²) in [6.07, 6.45) is 0. The van der Waals surface area contributed by atoms with Crippen molar-refractivity contribution in [1.82, 2.24) is 0 Å². The maximum atomic E-state index is 2.43. The van der Waals surface area contributed by atoms with Crippen molar-refractivity contribution in [2.24, 2.45) is 0 Å². The molecule has 0 unspecified atom stereocenters. The van der Waals surface area contributed by atoms with Gasteiger partial charge in [-0.25, -0.2) is 0 Å². The van der Waals surface area contributed by atoms with E-state index in [0.717, 1.165) is 0 Å². The highest BCUT2D eigenvalue weighted by atomic mass is 14.2. The van der Waals surface area contributed by atoms with Crippen molar-refractivity contribution >= 4 is 53.9 Å². The summed E-state index contributed by atoms with van der Waals surface area (Å²) in [4.78, 5) is 0. The molecule has 0 aromatic heterocycles. The highest BCUT2D eigenvalue weighted by molar-refractivity contribution is 6.39. The molecule has 0 aliphatic rings. The number of fused-ring (bicyclic) bond motifs is 11. The number of benzene rings is 8. The van der Waals surface area contributed by atoms with Gasteiger partial charge in [0, 0.05) is 0 Å². The van der Waals surface area contributed by atoms with Crippen molar-refractivity contribution in [3.05, 3.63) is 145 Å². The molecule has 8 rings (SSSR count). The van der Waals surface area contributed by atoms with Crippen LogP contribution in [0.5, 0.6) is 0 Å². The molecule has 0 radical (unpaired) electrons. The third kappa shape index (κ3) is 3.83. The van der Waals surface area contributed by atoms with Gasteiger partial charge >= 0.3 is 0 Å². The molecular weight excluding hydrogens is 504 g/mol. The smallest absolute Gasteiger partial charge is 0.00137 e. The minimum Gasteiger partial charge on any atom is -0.0622 e. The molecule has 0 saturated heterocycles. The zero-order valence-electron chi connectivity index (χ0n) is 24.3. The molecule has 8 aromatic carbocycles. The first-order chi connectivity index (χ1) is 20.5. The van der Waals surface area contributed by atoms with E-state index in [9.17, 15) is 0 Å². The molecule has 0 atom stereocenters. The van der Waals surface area contributed by atoms with Gasteiger partial charge in [0.05, 0.1) is 0 Å². The first-order valence-corrected chi connectivity index (χ1v) is 14.9. The lowest BCUT2D eigenvalue weighted by molar-refractivity contribution is 0.590. The minimum absolute atomic E-state index is 0.135. The van der Waals surface area contributed by atoms with Gasteiger partial charge < -0.3 is 0 Å². The topological polar surface area (TPSA) is 0 Å². The quantitative estimate of drug-likeness (QED) is 0.193. The Labute approximate surface area is 246 Å². The molecule has 0 heteroatoms. The van der Waals surface area contributed by atoms with Crippen LogP contribution in [0.1, 0.15) is 26.3 Å². The lowest BCUT2D eigenvalue weighted by Gasteiger charge is -2.20. The first kappa shape index (κ1) is 24.8. The second-order valence-corrected chi connectivity index (χ2v) is 12.6. The molecule has 0 saturated carbocycles. The lowest BCUT2D eigenvalue weighted by atomic mass is 9.84. The van der Waals surface area contributed by atoms with Crippen LogP contribution in [0, 0.1) is 0 Å². The highest BCUT2D eigenvalue weighted by Gasteiger charge is 2.18. The molecule has 0 fully saturated rings. The Morgan fingerprint density at radius 3 is 1.17 bits per heavy atom. The fraction of sp³-hybridized carbons (Fsp3) is 0.0952. The highest BCUT2D eigenvalue weighted by Crippen LogP contribution is 2.45. The summed E-state index contributed by atoms with van der Waals surface area (Å²) >= 11 is 0. The molecule has 42 heavy (non-hydrogen) atoms. The standard InChI is InChI=1S/C42H32/c1-42(2,3)31-21-17-28(18-22-31)30-20-24-35-34-23-19-29(27-11-5-4-6-12-27)25-38(34)40-36-15-9-7-13-32(36)33-14-8-10-16-37(33)41(40)39(35)26-30/h4-26H,1-3H3. The summed E-state index contributed by atoms with van der Waals surface area (Å²) in [5.41, 5.74) is 6.48. The normalized spacial score (nSPS) is 12.2. The maximum Gasteiger partial charge on any atom is -0.00137 e. The van der Waals surface area contributed by atoms with Gasteiger partial charge in [0.15, 0.2) is 0 Å². The van der Waals surface area contributed by atoms with Crippen LogP contribution >= 0.6 is 0 Å². The van der Waals surface area contributed by atoms with E-state index in [1.165, 1.54) is 81.7 Å². The summed E-state index contributed by atoms with van der Waals surface area (Å²) in [5, 5.41) is 13.1. The van der Waals surface area contributed by atoms with Crippen molar-refractivity contribution in [1.29, 1.82) is 0 Å². The van der Waals surface area contributed by atoms with Gasteiger partial charge in [0.25, 0.3) is 0 Å². The molecule has 0 aliphatic carbocycles. The van der Waals surface area contributed by atoms with Crippen molar-refractivity contribution in [3.63, 3.8) is 0 Å². The van der Waals surface area contributed by atoms with Crippen molar-refractivity contribution < 1.29 is 0 Å². The predicted molar refractivity (Wildman–Crippen MR) is 184 cm³/mol. The molecule has 0 nitrogen and oxygen atoms in total. The van der Waals surface area contributed by atoms with E-state index >= 15 is 0 Å². The molecule has 0 aliphatic heterocycles. The lowest BCUT2D eigenvalue weighted by Crippen LogP contribution is -2.10.